The SMILES string of the molecule is O=S(=O)(Nc1ccc2c(c1)OCCCO2)c1cccc2nsnc12. The molecule has 0 spiro atoms. The van der Waals surface area contributed by atoms with Gasteiger partial charge in [-0.1, -0.05) is 6.07 Å². The van der Waals surface area contributed by atoms with Crippen LogP contribution in [-0.4, -0.2) is 30.4 Å². The summed E-state index contributed by atoms with van der Waals surface area (Å²) in [5.41, 5.74) is 1.32. The average Bonchev–Trinajstić information content (AvgIpc) is 2.92. The normalized spacial score (nSPS) is 14.3. The first-order valence-corrected chi connectivity index (χ1v) is 9.49. The van der Waals surface area contributed by atoms with E-state index in [1.54, 1.807) is 30.3 Å². The molecule has 0 atom stereocenters. The maximum absolute atomic E-state index is 12.7. The molecule has 24 heavy (non-hydrogen) atoms. The number of benzene rings is 2. The number of hydrogen-bond acceptors (Lipinski definition) is 7. The number of fused-ring (bicyclic) bond motifs is 2. The fraction of sp³-hybridized carbons (Fsp3) is 0.200. The monoisotopic (exact) mass is 363 g/mol. The summed E-state index contributed by atoms with van der Waals surface area (Å²) < 4.78 is 47.2. The van der Waals surface area contributed by atoms with Gasteiger partial charge in [0.2, 0.25) is 0 Å². The third-order valence-electron chi connectivity index (χ3n) is 3.54. The molecule has 9 heteroatoms. The van der Waals surface area contributed by atoms with Crippen molar-refractivity contribution in [1.29, 1.82) is 0 Å². The Morgan fingerprint density at radius 2 is 1.88 bits per heavy atom. The number of aromatic nitrogens is 2. The maximum atomic E-state index is 12.7. The molecule has 0 unspecified atom stereocenters. The van der Waals surface area contributed by atoms with Crippen molar-refractivity contribution < 1.29 is 17.9 Å². The van der Waals surface area contributed by atoms with E-state index in [-0.39, 0.29) is 4.90 Å². The van der Waals surface area contributed by atoms with Crippen molar-refractivity contribution in [2.24, 2.45) is 0 Å². The Kier molecular flexibility index (Phi) is 3.73. The molecule has 2 heterocycles. The van der Waals surface area contributed by atoms with Gasteiger partial charge in [0.1, 0.15) is 15.9 Å². The first-order chi connectivity index (χ1) is 11.6. The van der Waals surface area contributed by atoms with Crippen LogP contribution in [0.3, 0.4) is 0 Å². The van der Waals surface area contributed by atoms with E-state index < -0.39 is 10.0 Å². The van der Waals surface area contributed by atoms with Crippen molar-refractivity contribution in [2.45, 2.75) is 11.3 Å². The van der Waals surface area contributed by atoms with Crippen LogP contribution in [0.25, 0.3) is 11.0 Å². The highest BCUT2D eigenvalue weighted by molar-refractivity contribution is 7.93. The number of rotatable bonds is 3. The van der Waals surface area contributed by atoms with Gasteiger partial charge in [-0.15, -0.1) is 0 Å². The standard InChI is InChI=1S/C15H13N3O4S2/c19-24(20,14-4-1-3-11-15(14)17-23-16-11)18-10-5-6-12-13(9-10)22-8-2-7-21-12/h1,3-6,9,18H,2,7-8H2. The predicted molar refractivity (Wildman–Crippen MR) is 90.3 cm³/mol. The van der Waals surface area contributed by atoms with E-state index in [0.29, 0.717) is 41.4 Å². The lowest BCUT2D eigenvalue weighted by Crippen LogP contribution is -2.13. The number of sulfonamides is 1. The minimum atomic E-state index is -3.79. The third kappa shape index (κ3) is 2.76. The van der Waals surface area contributed by atoms with E-state index in [9.17, 15) is 8.42 Å². The zero-order chi connectivity index (χ0) is 16.6. The van der Waals surface area contributed by atoms with Crippen molar-refractivity contribution >= 4 is 38.5 Å². The topological polar surface area (TPSA) is 90.4 Å². The Labute approximate surface area is 142 Å². The largest absolute Gasteiger partial charge is 0.490 e. The summed E-state index contributed by atoms with van der Waals surface area (Å²) in [7, 11) is -3.79. The number of hydrogen-bond donors (Lipinski definition) is 1. The molecule has 1 N–H and O–H groups in total. The lowest BCUT2D eigenvalue weighted by atomic mass is 10.3. The van der Waals surface area contributed by atoms with Gasteiger partial charge in [-0.3, -0.25) is 4.72 Å². The summed E-state index contributed by atoms with van der Waals surface area (Å²) in [5, 5.41) is 0. The van der Waals surface area contributed by atoms with Gasteiger partial charge in [-0.05, 0) is 24.3 Å². The third-order valence-corrected chi connectivity index (χ3v) is 5.49. The van der Waals surface area contributed by atoms with Crippen LogP contribution in [-0.2, 0) is 10.0 Å². The molecular formula is C15H13N3O4S2. The molecule has 4 rings (SSSR count). The van der Waals surface area contributed by atoms with Crippen molar-refractivity contribution in [3.8, 4) is 11.5 Å². The quantitative estimate of drug-likeness (QED) is 0.769. The first-order valence-electron chi connectivity index (χ1n) is 7.27. The molecule has 124 valence electrons. The van der Waals surface area contributed by atoms with Gasteiger partial charge < -0.3 is 9.47 Å². The van der Waals surface area contributed by atoms with E-state index in [0.717, 1.165) is 18.1 Å². The minimum Gasteiger partial charge on any atom is -0.490 e. The van der Waals surface area contributed by atoms with Crippen LogP contribution in [0.1, 0.15) is 6.42 Å². The Balaban J connectivity index is 1.69. The van der Waals surface area contributed by atoms with Gasteiger partial charge in [-0.2, -0.15) is 8.75 Å². The molecular weight excluding hydrogens is 350 g/mol. The van der Waals surface area contributed by atoms with E-state index in [2.05, 4.69) is 13.5 Å². The Bertz CT molecular complexity index is 1000. The van der Waals surface area contributed by atoms with E-state index in [1.165, 1.54) is 6.07 Å². The fourth-order valence-electron chi connectivity index (χ4n) is 2.44. The number of anilines is 1. The molecule has 0 amide bonds. The Hall–Kier alpha value is -2.39. The van der Waals surface area contributed by atoms with Gasteiger partial charge in [-0.25, -0.2) is 8.42 Å². The van der Waals surface area contributed by atoms with Crippen LogP contribution in [0.15, 0.2) is 41.3 Å². The van der Waals surface area contributed by atoms with Gasteiger partial charge in [0.25, 0.3) is 10.0 Å². The van der Waals surface area contributed by atoms with Crippen molar-refractivity contribution in [2.75, 3.05) is 17.9 Å². The van der Waals surface area contributed by atoms with E-state index in [4.69, 9.17) is 9.47 Å². The second kappa shape index (κ2) is 5.91. The summed E-state index contributed by atoms with van der Waals surface area (Å²) in [6.07, 6.45) is 0.786. The average molecular weight is 363 g/mol. The smallest absolute Gasteiger partial charge is 0.264 e. The molecule has 2 aromatic carbocycles. The van der Waals surface area contributed by atoms with Gasteiger partial charge in [0.05, 0.1) is 30.6 Å². The molecule has 0 fully saturated rings. The van der Waals surface area contributed by atoms with Crippen LogP contribution in [0.2, 0.25) is 0 Å². The summed E-state index contributed by atoms with van der Waals surface area (Å²) in [6.45, 7) is 1.11. The van der Waals surface area contributed by atoms with Crippen LogP contribution < -0.4 is 14.2 Å². The van der Waals surface area contributed by atoms with Crippen LogP contribution in [0.5, 0.6) is 11.5 Å². The molecule has 1 aromatic heterocycles. The highest BCUT2D eigenvalue weighted by Crippen LogP contribution is 2.33. The second-order valence-electron chi connectivity index (χ2n) is 5.21. The van der Waals surface area contributed by atoms with E-state index in [1.807, 2.05) is 0 Å². The highest BCUT2D eigenvalue weighted by atomic mass is 32.2. The molecule has 0 aliphatic carbocycles. The van der Waals surface area contributed by atoms with Crippen LogP contribution >= 0.6 is 11.7 Å². The molecule has 3 aromatic rings. The lowest BCUT2D eigenvalue weighted by Gasteiger charge is -2.11. The summed E-state index contributed by atoms with van der Waals surface area (Å²) in [5.74, 6) is 1.14. The summed E-state index contributed by atoms with van der Waals surface area (Å²) in [4.78, 5) is 0.0980. The van der Waals surface area contributed by atoms with Gasteiger partial charge in [0.15, 0.2) is 11.5 Å². The molecule has 7 nitrogen and oxygen atoms in total. The molecule has 1 aliphatic heterocycles. The van der Waals surface area contributed by atoms with Gasteiger partial charge in [0, 0.05) is 12.5 Å². The van der Waals surface area contributed by atoms with E-state index >= 15 is 0 Å². The van der Waals surface area contributed by atoms with Crippen molar-refractivity contribution in [3.05, 3.63) is 36.4 Å². The van der Waals surface area contributed by atoms with Crippen molar-refractivity contribution in [1.82, 2.24) is 8.75 Å². The predicted octanol–water partition coefficient (Wildman–Crippen LogP) is 2.65. The summed E-state index contributed by atoms with van der Waals surface area (Å²) >= 11 is 0.982. The number of nitrogens with zero attached hydrogens (tertiary/aromatic N) is 2. The Morgan fingerprint density at radius 1 is 1.04 bits per heavy atom. The number of ether oxygens (including phenoxy) is 2. The highest BCUT2D eigenvalue weighted by Gasteiger charge is 2.20. The molecule has 0 saturated carbocycles. The molecule has 0 bridgehead atoms. The fourth-order valence-corrected chi connectivity index (χ4v) is 4.25. The van der Waals surface area contributed by atoms with Crippen LogP contribution in [0.4, 0.5) is 5.69 Å². The zero-order valence-electron chi connectivity index (χ0n) is 12.4. The van der Waals surface area contributed by atoms with Crippen molar-refractivity contribution in [3.63, 3.8) is 0 Å². The van der Waals surface area contributed by atoms with Crippen LogP contribution in [0, 0.1) is 0 Å². The summed E-state index contributed by atoms with van der Waals surface area (Å²) in [6, 6.07) is 9.85. The lowest BCUT2D eigenvalue weighted by molar-refractivity contribution is 0.297. The second-order valence-corrected chi connectivity index (χ2v) is 7.38. The Morgan fingerprint density at radius 3 is 2.75 bits per heavy atom. The maximum Gasteiger partial charge on any atom is 0.264 e. The minimum absolute atomic E-state index is 0.0980. The van der Waals surface area contributed by atoms with Gasteiger partial charge >= 0.3 is 0 Å². The zero-order valence-corrected chi connectivity index (χ0v) is 14.1. The molecule has 0 saturated heterocycles. The molecule has 1 aliphatic rings. The molecule has 0 radical (unpaired) electrons. The number of nitrogens with one attached hydrogen (secondary N) is 1. The first kappa shape index (κ1) is 15.2.